The van der Waals surface area contributed by atoms with E-state index >= 15 is 0 Å². The van der Waals surface area contributed by atoms with E-state index in [0.717, 1.165) is 30.4 Å². The molecule has 1 fully saturated rings. The molecule has 1 heterocycles. The number of amides is 1. The monoisotopic (exact) mass is 400 g/mol. The normalized spacial score (nSPS) is 15.4. The van der Waals surface area contributed by atoms with Crippen LogP contribution in [0.4, 0.5) is 0 Å². The van der Waals surface area contributed by atoms with Crippen LogP contribution in [0.2, 0.25) is 0 Å². The van der Waals surface area contributed by atoms with Crippen molar-refractivity contribution in [1.82, 2.24) is 9.21 Å². The molecule has 0 aliphatic carbocycles. The fraction of sp³-hybridized carbons (Fsp3) is 0.409. The predicted octanol–water partition coefficient (Wildman–Crippen LogP) is 3.75. The highest BCUT2D eigenvalue weighted by Gasteiger charge is 2.26. The van der Waals surface area contributed by atoms with Crippen LogP contribution < -0.4 is 0 Å². The number of rotatable bonds is 5. The van der Waals surface area contributed by atoms with Crippen LogP contribution in [-0.2, 0) is 16.6 Å². The minimum absolute atomic E-state index is 0.185. The van der Waals surface area contributed by atoms with Gasteiger partial charge in [0.15, 0.2) is 0 Å². The molecule has 1 aliphatic rings. The molecule has 0 radical (unpaired) electrons. The van der Waals surface area contributed by atoms with E-state index in [0.29, 0.717) is 25.2 Å². The highest BCUT2D eigenvalue weighted by atomic mass is 32.2. The fourth-order valence-corrected chi connectivity index (χ4v) is 5.18. The molecule has 0 bridgehead atoms. The summed E-state index contributed by atoms with van der Waals surface area (Å²) < 4.78 is 27.3. The largest absolute Gasteiger partial charge is 0.337 e. The van der Waals surface area contributed by atoms with Crippen LogP contribution in [0.25, 0.3) is 0 Å². The molecular formula is C22H28N2O3S. The van der Waals surface area contributed by atoms with Crippen molar-refractivity contribution in [1.29, 1.82) is 0 Å². The lowest BCUT2D eigenvalue weighted by Gasteiger charge is -2.26. The van der Waals surface area contributed by atoms with Crippen molar-refractivity contribution in [3.63, 3.8) is 0 Å². The van der Waals surface area contributed by atoms with Gasteiger partial charge in [-0.05, 0) is 56.0 Å². The summed E-state index contributed by atoms with van der Waals surface area (Å²) in [7, 11) is -1.81. The Hall–Kier alpha value is -2.18. The van der Waals surface area contributed by atoms with E-state index in [4.69, 9.17) is 0 Å². The topological polar surface area (TPSA) is 57.7 Å². The molecule has 28 heavy (non-hydrogen) atoms. The number of benzene rings is 2. The first kappa shape index (κ1) is 20.6. The van der Waals surface area contributed by atoms with Gasteiger partial charge in [-0.3, -0.25) is 4.79 Å². The predicted molar refractivity (Wildman–Crippen MR) is 111 cm³/mol. The molecule has 6 heteroatoms. The Morgan fingerprint density at radius 3 is 2.43 bits per heavy atom. The van der Waals surface area contributed by atoms with Crippen molar-refractivity contribution in [2.75, 3.05) is 20.1 Å². The molecule has 0 spiro atoms. The number of nitrogens with zero attached hydrogens (tertiary/aromatic N) is 2. The molecule has 1 aliphatic heterocycles. The van der Waals surface area contributed by atoms with E-state index in [9.17, 15) is 13.2 Å². The first-order chi connectivity index (χ1) is 13.3. The van der Waals surface area contributed by atoms with Gasteiger partial charge in [0, 0.05) is 32.2 Å². The summed E-state index contributed by atoms with van der Waals surface area (Å²) in [6.07, 6.45) is 2.83. The summed E-state index contributed by atoms with van der Waals surface area (Å²) >= 11 is 0. The Balaban J connectivity index is 1.79. The molecule has 1 amide bonds. The summed E-state index contributed by atoms with van der Waals surface area (Å²) in [4.78, 5) is 14.7. The van der Waals surface area contributed by atoms with Crippen molar-refractivity contribution < 1.29 is 13.2 Å². The van der Waals surface area contributed by atoms with Gasteiger partial charge in [0.05, 0.1) is 4.90 Å². The Morgan fingerprint density at radius 2 is 1.75 bits per heavy atom. The molecule has 3 rings (SSSR count). The molecule has 5 nitrogen and oxygen atoms in total. The van der Waals surface area contributed by atoms with Crippen molar-refractivity contribution in [2.45, 2.75) is 44.6 Å². The van der Waals surface area contributed by atoms with Gasteiger partial charge in [0.1, 0.15) is 0 Å². The van der Waals surface area contributed by atoms with Crippen LogP contribution in [0.3, 0.4) is 0 Å². The van der Waals surface area contributed by atoms with Crippen LogP contribution >= 0.6 is 0 Å². The third-order valence-corrected chi connectivity index (χ3v) is 7.18. The average molecular weight is 401 g/mol. The van der Waals surface area contributed by atoms with E-state index in [1.807, 2.05) is 26.0 Å². The van der Waals surface area contributed by atoms with Crippen molar-refractivity contribution in [3.05, 3.63) is 64.7 Å². The summed E-state index contributed by atoms with van der Waals surface area (Å²) in [6.45, 7) is 5.65. The van der Waals surface area contributed by atoms with Gasteiger partial charge < -0.3 is 4.90 Å². The maximum atomic E-state index is 12.9. The minimum atomic E-state index is -3.55. The molecule has 0 N–H and O–H groups in total. The zero-order valence-electron chi connectivity index (χ0n) is 16.8. The van der Waals surface area contributed by atoms with Crippen molar-refractivity contribution in [3.8, 4) is 0 Å². The number of carbonyl (C=O) groups is 1. The lowest BCUT2D eigenvalue weighted by Crippen LogP contribution is -2.35. The van der Waals surface area contributed by atoms with E-state index in [-0.39, 0.29) is 10.8 Å². The average Bonchev–Trinajstić information content (AvgIpc) is 2.70. The van der Waals surface area contributed by atoms with E-state index in [1.165, 1.54) is 15.9 Å². The number of hydrogen-bond donors (Lipinski definition) is 0. The maximum absolute atomic E-state index is 12.9. The minimum Gasteiger partial charge on any atom is -0.337 e. The van der Waals surface area contributed by atoms with Gasteiger partial charge in [-0.1, -0.05) is 36.2 Å². The summed E-state index contributed by atoms with van der Waals surface area (Å²) in [5.41, 5.74) is 3.80. The van der Waals surface area contributed by atoms with Gasteiger partial charge in [-0.2, -0.15) is 4.31 Å². The van der Waals surface area contributed by atoms with Crippen LogP contribution in [0.15, 0.2) is 47.4 Å². The third-order valence-electron chi connectivity index (χ3n) is 5.29. The molecule has 0 atom stereocenters. The second-order valence-corrected chi connectivity index (χ2v) is 9.52. The smallest absolute Gasteiger partial charge is 0.253 e. The van der Waals surface area contributed by atoms with Crippen LogP contribution in [0.5, 0.6) is 0 Å². The Morgan fingerprint density at radius 1 is 1.04 bits per heavy atom. The number of carbonyl (C=O) groups excluding carboxylic acids is 1. The second-order valence-electron chi connectivity index (χ2n) is 7.58. The van der Waals surface area contributed by atoms with Gasteiger partial charge >= 0.3 is 0 Å². The molecule has 0 aromatic heterocycles. The van der Waals surface area contributed by atoms with Crippen LogP contribution in [-0.4, -0.2) is 43.7 Å². The standard InChI is InChI=1S/C22H28N2O3S/c1-17-10-11-20(18(2)14-17)16-23(3)22(25)19-8-7-9-21(15-19)28(26,27)24-12-5-4-6-13-24/h7-11,14-15H,4-6,12-13,16H2,1-3H3. The quantitative estimate of drug-likeness (QED) is 0.768. The highest BCUT2D eigenvalue weighted by Crippen LogP contribution is 2.22. The third kappa shape index (κ3) is 4.45. The van der Waals surface area contributed by atoms with E-state index in [1.54, 1.807) is 30.1 Å². The number of aryl methyl sites for hydroxylation is 2. The lowest BCUT2D eigenvalue weighted by atomic mass is 10.1. The Bertz CT molecular complexity index is 963. The van der Waals surface area contributed by atoms with E-state index < -0.39 is 10.0 Å². The van der Waals surface area contributed by atoms with E-state index in [2.05, 4.69) is 6.07 Å². The first-order valence-electron chi connectivity index (χ1n) is 9.71. The number of sulfonamides is 1. The fourth-order valence-electron chi connectivity index (χ4n) is 3.61. The maximum Gasteiger partial charge on any atom is 0.253 e. The SMILES string of the molecule is Cc1ccc(CN(C)C(=O)c2cccc(S(=O)(=O)N3CCCCC3)c2)c(C)c1. The summed E-state index contributed by atoms with van der Waals surface area (Å²) in [5.74, 6) is -0.185. The van der Waals surface area contributed by atoms with Gasteiger partial charge in [-0.15, -0.1) is 0 Å². The molecule has 150 valence electrons. The highest BCUT2D eigenvalue weighted by molar-refractivity contribution is 7.89. The molecule has 0 saturated carbocycles. The van der Waals surface area contributed by atoms with Gasteiger partial charge in [0.25, 0.3) is 5.91 Å². The molecule has 2 aromatic rings. The first-order valence-corrected chi connectivity index (χ1v) is 11.1. The summed E-state index contributed by atoms with van der Waals surface area (Å²) in [5, 5.41) is 0. The zero-order chi connectivity index (χ0) is 20.3. The van der Waals surface area contributed by atoms with Gasteiger partial charge in [0.2, 0.25) is 10.0 Å². The van der Waals surface area contributed by atoms with Crippen molar-refractivity contribution in [2.24, 2.45) is 0 Å². The Labute approximate surface area is 168 Å². The van der Waals surface area contributed by atoms with Crippen LogP contribution in [0.1, 0.15) is 46.3 Å². The summed E-state index contributed by atoms with van der Waals surface area (Å²) in [6, 6.07) is 12.6. The molecule has 2 aromatic carbocycles. The molecule has 0 unspecified atom stereocenters. The second kappa shape index (κ2) is 8.45. The zero-order valence-corrected chi connectivity index (χ0v) is 17.6. The van der Waals surface area contributed by atoms with Crippen LogP contribution in [0, 0.1) is 13.8 Å². The Kier molecular flexibility index (Phi) is 6.20. The van der Waals surface area contributed by atoms with Crippen molar-refractivity contribution >= 4 is 15.9 Å². The molecule has 1 saturated heterocycles. The lowest BCUT2D eigenvalue weighted by molar-refractivity contribution is 0.0784. The molecular weight excluding hydrogens is 372 g/mol. The number of hydrogen-bond acceptors (Lipinski definition) is 3. The number of piperidine rings is 1. The van der Waals surface area contributed by atoms with Gasteiger partial charge in [-0.25, -0.2) is 8.42 Å².